The highest BCUT2D eigenvalue weighted by Crippen LogP contribution is 2.38. The first kappa shape index (κ1) is 23.3. The third-order valence-corrected chi connectivity index (χ3v) is 8.62. The molecule has 3 heterocycles. The first-order chi connectivity index (χ1) is 16.3. The number of hydrogen-bond acceptors (Lipinski definition) is 6. The topological polar surface area (TPSA) is 107 Å². The lowest BCUT2D eigenvalue weighted by atomic mass is 9.86. The molecule has 180 valence electrons. The summed E-state index contributed by atoms with van der Waals surface area (Å²) in [5.41, 5.74) is 1.86. The Morgan fingerprint density at radius 1 is 1.12 bits per heavy atom. The van der Waals surface area contributed by atoms with Crippen LogP contribution in [0.2, 0.25) is 5.02 Å². The van der Waals surface area contributed by atoms with Crippen LogP contribution in [0.15, 0.2) is 42.6 Å². The summed E-state index contributed by atoms with van der Waals surface area (Å²) >= 11 is 6.29. The molecule has 2 unspecified atom stereocenters. The summed E-state index contributed by atoms with van der Waals surface area (Å²) in [6.07, 6.45) is 6.31. The molecule has 2 atom stereocenters. The molecule has 1 N–H and O–H groups in total. The maximum absolute atomic E-state index is 11.9. The minimum atomic E-state index is -4.19. The molecule has 0 saturated heterocycles. The highest BCUT2D eigenvalue weighted by molar-refractivity contribution is 7.86. The normalized spacial score (nSPS) is 23.4. The highest BCUT2D eigenvalue weighted by Gasteiger charge is 2.35. The third kappa shape index (κ3) is 4.69. The van der Waals surface area contributed by atoms with Crippen LogP contribution in [0.4, 0.5) is 0 Å². The number of fused-ring (bicyclic) bond motifs is 3. The van der Waals surface area contributed by atoms with E-state index in [0.717, 1.165) is 42.8 Å². The van der Waals surface area contributed by atoms with E-state index in [1.54, 1.807) is 13.1 Å². The van der Waals surface area contributed by atoms with Gasteiger partial charge in [-0.2, -0.15) is 8.42 Å². The quantitative estimate of drug-likeness (QED) is 0.515. The van der Waals surface area contributed by atoms with Gasteiger partial charge < -0.3 is 4.74 Å². The smallest absolute Gasteiger partial charge is 0.267 e. The summed E-state index contributed by atoms with van der Waals surface area (Å²) in [6.45, 7) is 1.54. The van der Waals surface area contributed by atoms with E-state index in [4.69, 9.17) is 16.3 Å². The highest BCUT2D eigenvalue weighted by atomic mass is 35.5. The van der Waals surface area contributed by atoms with Gasteiger partial charge in [0, 0.05) is 29.6 Å². The molecule has 34 heavy (non-hydrogen) atoms. The van der Waals surface area contributed by atoms with Crippen molar-refractivity contribution in [3.05, 3.63) is 64.8 Å². The lowest BCUT2D eigenvalue weighted by Gasteiger charge is -2.28. The van der Waals surface area contributed by atoms with Gasteiger partial charge in [0.25, 0.3) is 10.1 Å². The number of aromatic nitrogens is 4. The number of benzene rings is 1. The molecule has 2 aliphatic rings. The molecule has 1 aliphatic heterocycles. The number of pyridine rings is 1. The van der Waals surface area contributed by atoms with Gasteiger partial charge in [-0.05, 0) is 74.8 Å². The summed E-state index contributed by atoms with van der Waals surface area (Å²) < 4.78 is 41.7. The van der Waals surface area contributed by atoms with Crippen LogP contribution in [0.25, 0.3) is 5.69 Å². The molecule has 1 fully saturated rings. The van der Waals surface area contributed by atoms with Crippen LogP contribution in [-0.2, 0) is 23.0 Å². The molecule has 2 aromatic heterocycles. The van der Waals surface area contributed by atoms with Gasteiger partial charge in [-0.25, -0.2) is 4.98 Å². The molecule has 1 saturated carbocycles. The van der Waals surface area contributed by atoms with Gasteiger partial charge in [0.05, 0.1) is 10.9 Å². The average Bonchev–Trinajstić information content (AvgIpc) is 3.15. The Kier molecular flexibility index (Phi) is 6.35. The van der Waals surface area contributed by atoms with Crippen molar-refractivity contribution in [2.24, 2.45) is 5.92 Å². The van der Waals surface area contributed by atoms with Gasteiger partial charge in [0.2, 0.25) is 5.88 Å². The van der Waals surface area contributed by atoms with Gasteiger partial charge >= 0.3 is 0 Å². The fraction of sp³-hybridized carbons (Fsp3) is 0.458. The molecule has 8 nitrogen and oxygen atoms in total. The van der Waals surface area contributed by atoms with Crippen molar-refractivity contribution >= 4 is 21.7 Å². The Morgan fingerprint density at radius 3 is 2.62 bits per heavy atom. The van der Waals surface area contributed by atoms with Crippen LogP contribution in [0.3, 0.4) is 0 Å². The molecular formula is C24H27ClN4O4S. The number of rotatable bonds is 5. The number of hydrogen-bond donors (Lipinski definition) is 1. The Labute approximate surface area is 204 Å². The van der Waals surface area contributed by atoms with E-state index in [1.165, 1.54) is 0 Å². The van der Waals surface area contributed by atoms with Crippen molar-refractivity contribution in [3.8, 4) is 11.6 Å². The zero-order chi connectivity index (χ0) is 23.9. The first-order valence-electron chi connectivity index (χ1n) is 11.6. The Balaban J connectivity index is 1.42. The molecule has 10 heteroatoms. The Hall–Kier alpha value is -2.49. The zero-order valence-corrected chi connectivity index (χ0v) is 20.4. The SMILES string of the molecule is CC(C1Cc2cc(Cl)ccc2-n2c(nnc2C2CCC(Oc3ccccn3)CC2)C1)S(=O)(=O)O. The standard InChI is InChI=1S/C24H27ClN4O4S/c1-15(34(30,31)32)17-12-18-13-19(25)7-10-21(18)29-22(14-17)27-28-24(29)16-5-8-20(9-6-16)33-23-4-2-3-11-26-23/h2-4,7,10-11,13,15-17,20H,5-6,8-9,12,14H2,1H3,(H,30,31,32). The third-order valence-electron chi connectivity index (χ3n) is 7.06. The number of nitrogens with zero attached hydrogens (tertiary/aromatic N) is 4. The lowest BCUT2D eigenvalue weighted by molar-refractivity contribution is 0.139. The zero-order valence-electron chi connectivity index (χ0n) is 18.8. The molecule has 3 aromatic rings. The summed E-state index contributed by atoms with van der Waals surface area (Å²) in [7, 11) is -4.19. The summed E-state index contributed by atoms with van der Waals surface area (Å²) in [6, 6.07) is 11.3. The van der Waals surface area contributed by atoms with Crippen molar-refractivity contribution in [1.82, 2.24) is 19.7 Å². The minimum absolute atomic E-state index is 0.115. The van der Waals surface area contributed by atoms with Crippen molar-refractivity contribution in [3.63, 3.8) is 0 Å². The van der Waals surface area contributed by atoms with Gasteiger partial charge in [-0.1, -0.05) is 17.7 Å². The molecular weight excluding hydrogens is 476 g/mol. The van der Waals surface area contributed by atoms with Gasteiger partial charge in [-0.15, -0.1) is 10.2 Å². The number of halogens is 1. The summed E-state index contributed by atoms with van der Waals surface area (Å²) in [4.78, 5) is 4.26. The van der Waals surface area contributed by atoms with Crippen LogP contribution in [0.1, 0.15) is 55.7 Å². The van der Waals surface area contributed by atoms with Crippen LogP contribution in [0, 0.1) is 5.92 Å². The molecule has 0 amide bonds. The van der Waals surface area contributed by atoms with Crippen molar-refractivity contribution in [2.45, 2.75) is 62.7 Å². The fourth-order valence-electron chi connectivity index (χ4n) is 5.12. The van der Waals surface area contributed by atoms with Gasteiger partial charge in [-0.3, -0.25) is 9.12 Å². The van der Waals surface area contributed by atoms with Gasteiger partial charge in [0.1, 0.15) is 17.8 Å². The molecule has 1 aromatic carbocycles. The predicted octanol–water partition coefficient (Wildman–Crippen LogP) is 4.41. The first-order valence-corrected chi connectivity index (χ1v) is 13.4. The van der Waals surface area contributed by atoms with Crippen LogP contribution in [0.5, 0.6) is 5.88 Å². The van der Waals surface area contributed by atoms with Crippen LogP contribution < -0.4 is 4.74 Å². The van der Waals surface area contributed by atoms with E-state index < -0.39 is 15.4 Å². The van der Waals surface area contributed by atoms with Crippen molar-refractivity contribution in [2.75, 3.05) is 0 Å². The summed E-state index contributed by atoms with van der Waals surface area (Å²) in [5, 5.41) is 8.70. The summed E-state index contributed by atoms with van der Waals surface area (Å²) in [5.74, 6) is 2.11. The molecule has 5 rings (SSSR count). The molecule has 0 radical (unpaired) electrons. The van der Waals surface area contributed by atoms with Gasteiger partial charge in [0.15, 0.2) is 0 Å². The van der Waals surface area contributed by atoms with E-state index in [1.807, 2.05) is 36.4 Å². The van der Waals surface area contributed by atoms with E-state index in [0.29, 0.717) is 29.6 Å². The molecule has 1 aliphatic carbocycles. The number of ether oxygens (including phenoxy) is 1. The largest absolute Gasteiger partial charge is 0.474 e. The maximum atomic E-state index is 11.9. The predicted molar refractivity (Wildman–Crippen MR) is 128 cm³/mol. The Morgan fingerprint density at radius 2 is 1.91 bits per heavy atom. The van der Waals surface area contributed by atoms with E-state index in [9.17, 15) is 13.0 Å². The molecule has 0 spiro atoms. The second-order valence-electron chi connectivity index (χ2n) is 9.23. The van der Waals surface area contributed by atoms with Crippen molar-refractivity contribution < 1.29 is 17.7 Å². The monoisotopic (exact) mass is 502 g/mol. The second kappa shape index (κ2) is 9.28. The van der Waals surface area contributed by atoms with E-state index in [2.05, 4.69) is 19.7 Å². The Bertz CT molecular complexity index is 1270. The van der Waals surface area contributed by atoms with Crippen molar-refractivity contribution in [1.29, 1.82) is 0 Å². The maximum Gasteiger partial charge on any atom is 0.267 e. The minimum Gasteiger partial charge on any atom is -0.474 e. The fourth-order valence-corrected chi connectivity index (χ4v) is 5.99. The average molecular weight is 503 g/mol. The molecule has 0 bridgehead atoms. The lowest BCUT2D eigenvalue weighted by Crippen LogP contribution is -2.29. The second-order valence-corrected chi connectivity index (χ2v) is 11.4. The van der Waals surface area contributed by atoms with Crippen LogP contribution in [-0.4, -0.2) is 44.1 Å². The van der Waals surface area contributed by atoms with E-state index >= 15 is 0 Å². The van der Waals surface area contributed by atoms with E-state index in [-0.39, 0.29) is 17.9 Å². The van der Waals surface area contributed by atoms with Crippen LogP contribution >= 0.6 is 11.6 Å².